The summed E-state index contributed by atoms with van der Waals surface area (Å²) < 4.78 is 0. The van der Waals surface area contributed by atoms with Gasteiger partial charge in [-0.15, -0.1) is 0 Å². The van der Waals surface area contributed by atoms with Crippen LogP contribution < -0.4 is 4.90 Å². The van der Waals surface area contributed by atoms with Gasteiger partial charge in [-0.2, -0.15) is 0 Å². The number of aromatic carboxylic acids is 1. The number of nitrogens with zero attached hydrogens (tertiary/aromatic N) is 2. The van der Waals surface area contributed by atoms with Crippen LogP contribution in [0.25, 0.3) is 0 Å². The molecular weight excluding hydrogens is 260 g/mol. The fraction of sp³-hybridized carbons (Fsp3) is 0.636. The predicted molar refractivity (Wildman–Crippen MR) is 69.4 cm³/mol. The Labute approximate surface area is 109 Å². The minimum atomic E-state index is -0.995. The molecule has 1 aliphatic rings. The number of carbonyl (C=O) groups is 1. The Kier molecular flexibility index (Phi) is 4.23. The van der Waals surface area contributed by atoms with Crippen LogP contribution >= 0.6 is 22.9 Å². The zero-order valence-corrected chi connectivity index (χ0v) is 11.1. The molecule has 17 heavy (non-hydrogen) atoms. The van der Waals surface area contributed by atoms with Crippen molar-refractivity contribution in [2.75, 3.05) is 18.0 Å². The summed E-state index contributed by atoms with van der Waals surface area (Å²) in [4.78, 5) is 17.4. The molecule has 1 saturated heterocycles. The number of carboxylic acid groups (broad SMARTS) is 1. The second kappa shape index (κ2) is 5.69. The largest absolute Gasteiger partial charge is 0.477 e. The number of thiazole rings is 1. The van der Waals surface area contributed by atoms with Gasteiger partial charge >= 0.3 is 5.97 Å². The van der Waals surface area contributed by atoms with Crippen molar-refractivity contribution in [1.82, 2.24) is 4.98 Å². The molecule has 0 aliphatic carbocycles. The monoisotopic (exact) mass is 274 g/mol. The second-order valence-corrected chi connectivity index (χ2v) is 5.51. The van der Waals surface area contributed by atoms with Crippen LogP contribution in [-0.4, -0.2) is 29.1 Å². The first-order valence-electron chi connectivity index (χ1n) is 5.83. The van der Waals surface area contributed by atoms with E-state index in [1.54, 1.807) is 0 Å². The van der Waals surface area contributed by atoms with Crippen molar-refractivity contribution in [2.45, 2.75) is 32.1 Å². The molecule has 1 aliphatic heterocycles. The first kappa shape index (κ1) is 12.6. The van der Waals surface area contributed by atoms with Crippen molar-refractivity contribution in [3.8, 4) is 0 Å². The van der Waals surface area contributed by atoms with E-state index in [2.05, 4.69) is 9.88 Å². The van der Waals surface area contributed by atoms with Crippen molar-refractivity contribution in [3.05, 3.63) is 10.0 Å². The molecule has 0 bridgehead atoms. The highest BCUT2D eigenvalue weighted by Crippen LogP contribution is 2.30. The first-order chi connectivity index (χ1) is 8.18. The Bertz CT molecular complexity index is 400. The van der Waals surface area contributed by atoms with Crippen LogP contribution in [0.4, 0.5) is 5.13 Å². The molecule has 0 amide bonds. The Morgan fingerprint density at radius 3 is 2.35 bits per heavy atom. The number of hydrogen-bond donors (Lipinski definition) is 1. The minimum absolute atomic E-state index is 0.111. The van der Waals surface area contributed by atoms with E-state index in [1.165, 1.54) is 30.6 Å². The first-order valence-corrected chi connectivity index (χ1v) is 7.02. The van der Waals surface area contributed by atoms with Gasteiger partial charge in [0.1, 0.15) is 0 Å². The molecule has 94 valence electrons. The molecule has 1 aromatic heterocycles. The summed E-state index contributed by atoms with van der Waals surface area (Å²) in [5.74, 6) is -0.995. The number of rotatable bonds is 2. The molecule has 0 atom stereocenters. The van der Waals surface area contributed by atoms with E-state index in [9.17, 15) is 4.79 Å². The fourth-order valence-electron chi connectivity index (χ4n) is 2.00. The summed E-state index contributed by atoms with van der Waals surface area (Å²) >= 11 is 7.00. The summed E-state index contributed by atoms with van der Waals surface area (Å²) in [6, 6.07) is 0. The van der Waals surface area contributed by atoms with Crippen LogP contribution in [0.1, 0.15) is 41.8 Å². The van der Waals surface area contributed by atoms with E-state index in [4.69, 9.17) is 16.7 Å². The number of hydrogen-bond acceptors (Lipinski definition) is 4. The third kappa shape index (κ3) is 3.10. The van der Waals surface area contributed by atoms with Gasteiger partial charge in [-0.25, -0.2) is 9.78 Å². The van der Waals surface area contributed by atoms with Gasteiger partial charge in [-0.3, -0.25) is 0 Å². The molecule has 6 heteroatoms. The van der Waals surface area contributed by atoms with Crippen LogP contribution in [0.5, 0.6) is 0 Å². The van der Waals surface area contributed by atoms with E-state index in [0.29, 0.717) is 0 Å². The summed E-state index contributed by atoms with van der Waals surface area (Å²) in [5, 5.41) is 9.80. The molecular formula is C11H15ClN2O2S. The third-order valence-corrected chi connectivity index (χ3v) is 4.39. The summed E-state index contributed by atoms with van der Waals surface area (Å²) in [5.41, 5.74) is 0. The molecule has 0 radical (unpaired) electrons. The summed E-state index contributed by atoms with van der Waals surface area (Å²) in [6.45, 7) is 1.89. The normalized spacial score (nSPS) is 17.6. The Hall–Kier alpha value is -0.810. The molecule has 0 unspecified atom stereocenters. The Morgan fingerprint density at radius 1 is 1.24 bits per heavy atom. The van der Waals surface area contributed by atoms with E-state index in [0.717, 1.165) is 31.1 Å². The molecule has 2 rings (SSSR count). The topological polar surface area (TPSA) is 53.4 Å². The third-order valence-electron chi connectivity index (χ3n) is 2.90. The quantitative estimate of drug-likeness (QED) is 0.899. The maximum atomic E-state index is 10.9. The van der Waals surface area contributed by atoms with Gasteiger partial charge in [0.15, 0.2) is 15.2 Å². The lowest BCUT2D eigenvalue weighted by Gasteiger charge is -2.23. The second-order valence-electron chi connectivity index (χ2n) is 4.18. The maximum absolute atomic E-state index is 10.9. The minimum Gasteiger partial charge on any atom is -0.477 e. The fourth-order valence-corrected chi connectivity index (χ4v) is 3.17. The van der Waals surface area contributed by atoms with E-state index < -0.39 is 5.97 Å². The highest BCUT2D eigenvalue weighted by molar-refractivity contribution is 7.18. The molecule has 0 aromatic carbocycles. The summed E-state index contributed by atoms with van der Waals surface area (Å²) in [6.07, 6.45) is 6.05. The van der Waals surface area contributed by atoms with Gasteiger partial charge in [0.05, 0.1) is 0 Å². The number of anilines is 1. The molecule has 1 N–H and O–H groups in total. The number of halogens is 1. The SMILES string of the molecule is O=C(O)c1sc(N2CCCCCCC2)nc1Cl. The molecule has 0 saturated carbocycles. The predicted octanol–water partition coefficient (Wildman–Crippen LogP) is 3.27. The lowest BCUT2D eigenvalue weighted by atomic mass is 10.1. The highest BCUT2D eigenvalue weighted by Gasteiger charge is 2.19. The van der Waals surface area contributed by atoms with E-state index in [1.807, 2.05) is 0 Å². The molecule has 0 spiro atoms. The lowest BCUT2D eigenvalue weighted by molar-refractivity contribution is 0.0702. The van der Waals surface area contributed by atoms with Crippen molar-refractivity contribution in [2.24, 2.45) is 0 Å². The van der Waals surface area contributed by atoms with Gasteiger partial charge in [0, 0.05) is 13.1 Å². The van der Waals surface area contributed by atoms with Gasteiger partial charge in [0.2, 0.25) is 0 Å². The average molecular weight is 275 g/mol. The van der Waals surface area contributed by atoms with Gasteiger partial charge < -0.3 is 10.0 Å². The van der Waals surface area contributed by atoms with Crippen LogP contribution in [0.15, 0.2) is 0 Å². The lowest BCUT2D eigenvalue weighted by Crippen LogP contribution is -2.26. The molecule has 1 aromatic rings. The van der Waals surface area contributed by atoms with Gasteiger partial charge in [0.25, 0.3) is 0 Å². The average Bonchev–Trinajstić information content (AvgIpc) is 2.59. The van der Waals surface area contributed by atoms with Crippen molar-refractivity contribution < 1.29 is 9.90 Å². The van der Waals surface area contributed by atoms with Crippen LogP contribution in [-0.2, 0) is 0 Å². The zero-order valence-electron chi connectivity index (χ0n) is 9.49. The van der Waals surface area contributed by atoms with E-state index in [-0.39, 0.29) is 10.0 Å². The molecule has 2 heterocycles. The van der Waals surface area contributed by atoms with Crippen molar-refractivity contribution >= 4 is 34.0 Å². The van der Waals surface area contributed by atoms with Crippen LogP contribution in [0.3, 0.4) is 0 Å². The smallest absolute Gasteiger partial charge is 0.349 e. The Balaban J connectivity index is 2.14. The standard InChI is InChI=1S/C11H15ClN2O2S/c12-9-8(10(15)16)17-11(13-9)14-6-4-2-1-3-5-7-14/h1-7H2,(H,15,16). The molecule has 4 nitrogen and oxygen atoms in total. The summed E-state index contributed by atoms with van der Waals surface area (Å²) in [7, 11) is 0. The maximum Gasteiger partial charge on any atom is 0.349 e. The zero-order chi connectivity index (χ0) is 12.3. The van der Waals surface area contributed by atoms with E-state index >= 15 is 0 Å². The number of aromatic nitrogens is 1. The van der Waals surface area contributed by atoms with Crippen molar-refractivity contribution in [3.63, 3.8) is 0 Å². The highest BCUT2D eigenvalue weighted by atomic mass is 35.5. The molecule has 1 fully saturated rings. The van der Waals surface area contributed by atoms with Gasteiger partial charge in [-0.05, 0) is 12.8 Å². The van der Waals surface area contributed by atoms with Crippen LogP contribution in [0.2, 0.25) is 5.15 Å². The Morgan fingerprint density at radius 2 is 1.82 bits per heavy atom. The van der Waals surface area contributed by atoms with Crippen molar-refractivity contribution in [1.29, 1.82) is 0 Å². The van der Waals surface area contributed by atoms with Gasteiger partial charge in [-0.1, -0.05) is 42.2 Å². The van der Waals surface area contributed by atoms with Crippen LogP contribution in [0, 0.1) is 0 Å². The number of carboxylic acids is 1.